The normalized spacial score (nSPS) is 10.9. The van der Waals surface area contributed by atoms with Gasteiger partial charge in [0.15, 0.2) is 0 Å². The number of rotatable bonds is 5. The fraction of sp³-hybridized carbons (Fsp3) is 0.333. The minimum absolute atomic E-state index is 0.211. The fourth-order valence-electron chi connectivity index (χ4n) is 1.14. The summed E-state index contributed by atoms with van der Waals surface area (Å²) in [6, 6.07) is 7.87. The topological polar surface area (TPSA) is 21.3 Å². The number of nitrogens with one attached hydrogen (secondary N) is 1. The second-order valence-electron chi connectivity index (χ2n) is 3.43. The third-order valence-corrected chi connectivity index (χ3v) is 1.92. The highest BCUT2D eigenvalue weighted by Crippen LogP contribution is 2.16. The van der Waals surface area contributed by atoms with Crippen molar-refractivity contribution in [3.63, 3.8) is 0 Å². The van der Waals surface area contributed by atoms with E-state index in [9.17, 15) is 0 Å². The lowest BCUT2D eigenvalue weighted by atomic mass is 10.3. The summed E-state index contributed by atoms with van der Waals surface area (Å²) < 4.78 is 5.53. The Hall–Kier alpha value is -1.15. The van der Waals surface area contributed by atoms with E-state index in [1.807, 2.05) is 44.2 Å². The molecule has 1 rings (SSSR count). The molecule has 2 nitrogen and oxygen atoms in total. The van der Waals surface area contributed by atoms with Gasteiger partial charge in [-0.2, -0.15) is 0 Å². The van der Waals surface area contributed by atoms with Gasteiger partial charge < -0.3 is 10.1 Å². The number of benzene rings is 1. The Labute approximate surface area is 95.9 Å². The van der Waals surface area contributed by atoms with Crippen LogP contribution in [-0.2, 0) is 0 Å². The van der Waals surface area contributed by atoms with Crippen molar-refractivity contribution in [3.05, 3.63) is 35.9 Å². The Morgan fingerprint density at radius 2 is 2.00 bits per heavy atom. The second kappa shape index (κ2) is 6.36. The smallest absolute Gasteiger partial charge is 0.119 e. The molecule has 1 aromatic rings. The number of halogens is 1. The van der Waals surface area contributed by atoms with Crippen molar-refractivity contribution >= 4 is 17.3 Å². The van der Waals surface area contributed by atoms with E-state index in [0.29, 0.717) is 0 Å². The molecule has 0 aliphatic carbocycles. The highest BCUT2D eigenvalue weighted by molar-refractivity contribution is 6.25. The zero-order valence-corrected chi connectivity index (χ0v) is 9.79. The fourth-order valence-corrected chi connectivity index (χ4v) is 1.23. The first-order chi connectivity index (χ1) is 7.22. The third-order valence-electron chi connectivity index (χ3n) is 1.74. The van der Waals surface area contributed by atoms with Gasteiger partial charge in [-0.25, -0.2) is 0 Å². The molecule has 0 saturated heterocycles. The molecule has 15 heavy (non-hydrogen) atoms. The molecule has 0 atom stereocenters. The van der Waals surface area contributed by atoms with Crippen molar-refractivity contribution < 1.29 is 4.74 Å². The van der Waals surface area contributed by atoms with E-state index < -0.39 is 0 Å². The summed E-state index contributed by atoms with van der Waals surface area (Å²) >= 11 is 5.41. The van der Waals surface area contributed by atoms with Crippen molar-refractivity contribution in [2.75, 3.05) is 11.9 Å². The van der Waals surface area contributed by atoms with Crippen molar-refractivity contribution in [1.29, 1.82) is 0 Å². The van der Waals surface area contributed by atoms with Crippen LogP contribution in [0.3, 0.4) is 0 Å². The molecular weight excluding hydrogens is 210 g/mol. The highest BCUT2D eigenvalue weighted by atomic mass is 35.5. The first-order valence-electron chi connectivity index (χ1n) is 4.98. The number of ether oxygens (including phenoxy) is 1. The quantitative estimate of drug-likeness (QED) is 0.826. The lowest BCUT2D eigenvalue weighted by molar-refractivity contribution is 0.242. The van der Waals surface area contributed by atoms with Crippen LogP contribution in [0.5, 0.6) is 5.75 Å². The van der Waals surface area contributed by atoms with Gasteiger partial charge in [0.1, 0.15) is 5.75 Å². The van der Waals surface area contributed by atoms with Crippen molar-refractivity contribution in [2.45, 2.75) is 20.0 Å². The van der Waals surface area contributed by atoms with Crippen molar-refractivity contribution in [2.24, 2.45) is 0 Å². The van der Waals surface area contributed by atoms with E-state index in [1.54, 1.807) is 0 Å². The molecule has 0 aliphatic rings. The van der Waals surface area contributed by atoms with Crippen molar-refractivity contribution in [1.82, 2.24) is 0 Å². The van der Waals surface area contributed by atoms with Crippen LogP contribution in [0.25, 0.3) is 0 Å². The lowest BCUT2D eigenvalue weighted by Gasteiger charge is -2.10. The molecule has 1 N–H and O–H groups in total. The molecule has 1 aromatic carbocycles. The van der Waals surface area contributed by atoms with Gasteiger partial charge in [0.25, 0.3) is 0 Å². The van der Waals surface area contributed by atoms with Gasteiger partial charge in [-0.1, -0.05) is 17.7 Å². The van der Waals surface area contributed by atoms with Gasteiger partial charge in [0, 0.05) is 17.8 Å². The van der Waals surface area contributed by atoms with Gasteiger partial charge in [-0.15, -0.1) is 0 Å². The first-order valence-corrected chi connectivity index (χ1v) is 5.42. The van der Waals surface area contributed by atoms with E-state index in [4.69, 9.17) is 16.3 Å². The average Bonchev–Trinajstić information content (AvgIpc) is 2.20. The maximum absolute atomic E-state index is 5.53. The van der Waals surface area contributed by atoms with E-state index in [-0.39, 0.29) is 6.10 Å². The molecule has 0 unspecified atom stereocenters. The minimum atomic E-state index is 0.211. The summed E-state index contributed by atoms with van der Waals surface area (Å²) in [6.07, 6.45) is 2.06. The Morgan fingerprint density at radius 3 is 2.53 bits per heavy atom. The van der Waals surface area contributed by atoms with Gasteiger partial charge in [-0.05, 0) is 38.1 Å². The lowest BCUT2D eigenvalue weighted by Crippen LogP contribution is -2.05. The standard InChI is InChI=1S/C12H16ClNO/c1-10(2)15-12-6-4-11(5-7-12)14-9-3-8-13/h3-8,10,14H,9H2,1-2H3/b8-3+. The largest absolute Gasteiger partial charge is 0.491 e. The number of anilines is 1. The molecule has 0 fully saturated rings. The monoisotopic (exact) mass is 225 g/mol. The molecule has 0 aliphatic heterocycles. The molecule has 0 radical (unpaired) electrons. The predicted octanol–water partition coefficient (Wildman–Crippen LogP) is 3.64. The van der Waals surface area contributed by atoms with Gasteiger partial charge in [0.05, 0.1) is 6.10 Å². The maximum atomic E-state index is 5.53. The number of hydrogen-bond donors (Lipinski definition) is 1. The second-order valence-corrected chi connectivity index (χ2v) is 3.69. The molecule has 82 valence electrons. The maximum Gasteiger partial charge on any atom is 0.119 e. The van der Waals surface area contributed by atoms with Crippen LogP contribution in [0, 0.1) is 0 Å². The predicted molar refractivity (Wildman–Crippen MR) is 65.7 cm³/mol. The Kier molecular flexibility index (Phi) is 5.05. The van der Waals surface area contributed by atoms with E-state index >= 15 is 0 Å². The Balaban J connectivity index is 2.48. The van der Waals surface area contributed by atoms with Crippen LogP contribution in [-0.4, -0.2) is 12.6 Å². The highest BCUT2D eigenvalue weighted by Gasteiger charge is 1.96. The van der Waals surface area contributed by atoms with E-state index in [0.717, 1.165) is 18.0 Å². The van der Waals surface area contributed by atoms with Crippen LogP contribution in [0.15, 0.2) is 35.9 Å². The van der Waals surface area contributed by atoms with Gasteiger partial charge in [0.2, 0.25) is 0 Å². The van der Waals surface area contributed by atoms with Gasteiger partial charge in [-0.3, -0.25) is 0 Å². The van der Waals surface area contributed by atoms with Crippen LogP contribution in [0.1, 0.15) is 13.8 Å². The molecular formula is C12H16ClNO. The summed E-state index contributed by atoms with van der Waals surface area (Å²) in [4.78, 5) is 0. The van der Waals surface area contributed by atoms with Crippen LogP contribution >= 0.6 is 11.6 Å². The van der Waals surface area contributed by atoms with Crippen LogP contribution < -0.4 is 10.1 Å². The van der Waals surface area contributed by atoms with Crippen LogP contribution in [0.2, 0.25) is 0 Å². The molecule has 0 saturated carbocycles. The third kappa shape index (κ3) is 4.75. The zero-order chi connectivity index (χ0) is 11.1. The SMILES string of the molecule is CC(C)Oc1ccc(NC/C=C/Cl)cc1. The first kappa shape index (κ1) is 11.9. The molecule has 0 heterocycles. The summed E-state index contributed by atoms with van der Waals surface area (Å²) in [6.45, 7) is 4.75. The average molecular weight is 226 g/mol. The Morgan fingerprint density at radius 1 is 1.33 bits per heavy atom. The van der Waals surface area contributed by atoms with E-state index in [2.05, 4.69) is 5.32 Å². The van der Waals surface area contributed by atoms with E-state index in [1.165, 1.54) is 5.54 Å². The number of hydrogen-bond acceptors (Lipinski definition) is 2. The molecule has 0 bridgehead atoms. The van der Waals surface area contributed by atoms with Gasteiger partial charge >= 0.3 is 0 Å². The molecule has 0 amide bonds. The summed E-state index contributed by atoms with van der Waals surface area (Å²) in [5.41, 5.74) is 2.56. The Bertz CT molecular complexity index is 306. The molecule has 0 spiro atoms. The molecule has 0 aromatic heterocycles. The van der Waals surface area contributed by atoms with Crippen LogP contribution in [0.4, 0.5) is 5.69 Å². The molecule has 3 heteroatoms. The summed E-state index contributed by atoms with van der Waals surface area (Å²) in [5, 5.41) is 3.20. The minimum Gasteiger partial charge on any atom is -0.491 e. The summed E-state index contributed by atoms with van der Waals surface area (Å²) in [7, 11) is 0. The summed E-state index contributed by atoms with van der Waals surface area (Å²) in [5.74, 6) is 0.892. The van der Waals surface area contributed by atoms with Crippen molar-refractivity contribution in [3.8, 4) is 5.75 Å². The zero-order valence-electron chi connectivity index (χ0n) is 9.03.